The van der Waals surface area contributed by atoms with Crippen LogP contribution in [-0.2, 0) is 6.42 Å². The molecule has 0 aliphatic heterocycles. The molecule has 1 aromatic heterocycles. The molecular weight excluding hydrogens is 198 g/mol. The normalized spacial score (nSPS) is 11.2. The molecule has 0 atom stereocenters. The summed E-state index contributed by atoms with van der Waals surface area (Å²) in [5.41, 5.74) is 2.87. The van der Waals surface area contributed by atoms with Crippen LogP contribution in [0.25, 0.3) is 5.69 Å². The lowest BCUT2D eigenvalue weighted by atomic mass is 10.1. The Morgan fingerprint density at radius 3 is 2.56 bits per heavy atom. The van der Waals surface area contributed by atoms with E-state index in [-0.39, 0.29) is 12.5 Å². The maximum atomic E-state index is 11.7. The van der Waals surface area contributed by atoms with Gasteiger partial charge in [0.25, 0.3) is 5.56 Å². The van der Waals surface area contributed by atoms with Gasteiger partial charge in [-0.15, -0.1) is 0 Å². The van der Waals surface area contributed by atoms with Crippen LogP contribution in [0.3, 0.4) is 0 Å². The number of hydrogen-bond acceptors (Lipinski definition) is 1. The molecular formula is C14H15NO. The summed E-state index contributed by atoms with van der Waals surface area (Å²) in [5, 5.41) is 0. The second-order valence-electron chi connectivity index (χ2n) is 3.77. The lowest BCUT2D eigenvalue weighted by Gasteiger charge is -2.07. The number of benzene rings is 1. The zero-order valence-electron chi connectivity index (χ0n) is 10.3. The highest BCUT2D eigenvalue weighted by Gasteiger charge is 1.99. The van der Waals surface area contributed by atoms with Crippen LogP contribution in [0.1, 0.15) is 19.4 Å². The van der Waals surface area contributed by atoms with Crippen molar-refractivity contribution in [3.05, 3.63) is 64.1 Å². The Morgan fingerprint density at radius 1 is 1.19 bits per heavy atom. The minimum atomic E-state index is -0.0635. The minimum absolute atomic E-state index is 0.0635. The topological polar surface area (TPSA) is 22.0 Å². The number of rotatable bonds is 2. The van der Waals surface area contributed by atoms with Crippen LogP contribution in [0.5, 0.6) is 0 Å². The Morgan fingerprint density at radius 2 is 1.94 bits per heavy atom. The molecule has 0 saturated heterocycles. The predicted molar refractivity (Wildman–Crippen MR) is 66.2 cm³/mol. The van der Waals surface area contributed by atoms with Gasteiger partial charge in [-0.25, -0.2) is 0 Å². The van der Waals surface area contributed by atoms with Crippen molar-refractivity contribution in [3.8, 4) is 5.69 Å². The lowest BCUT2D eigenvalue weighted by Crippen LogP contribution is -2.16. The second kappa shape index (κ2) is 4.35. The molecule has 1 aromatic carbocycles. The lowest BCUT2D eigenvalue weighted by molar-refractivity contribution is 0.973. The van der Waals surface area contributed by atoms with Gasteiger partial charge in [-0.2, -0.15) is 0 Å². The van der Waals surface area contributed by atoms with Gasteiger partial charge < -0.3 is 0 Å². The molecule has 16 heavy (non-hydrogen) atoms. The highest BCUT2D eigenvalue weighted by molar-refractivity contribution is 5.35. The number of aryl methyl sites for hydroxylation is 2. The van der Waals surface area contributed by atoms with E-state index in [1.54, 1.807) is 16.8 Å². The first-order valence-electron chi connectivity index (χ1n) is 6.05. The van der Waals surface area contributed by atoms with Gasteiger partial charge in [0, 0.05) is 19.3 Å². The van der Waals surface area contributed by atoms with E-state index < -0.39 is 0 Å². The highest BCUT2D eigenvalue weighted by Crippen LogP contribution is 2.08. The average Bonchev–Trinajstić information content (AvgIpc) is 2.39. The Hall–Kier alpha value is -1.83. The van der Waals surface area contributed by atoms with Crippen LogP contribution in [0.2, 0.25) is 0 Å². The molecule has 2 aromatic rings. The van der Waals surface area contributed by atoms with Crippen LogP contribution in [0, 0.1) is 6.90 Å². The molecule has 2 heteroatoms. The van der Waals surface area contributed by atoms with Gasteiger partial charge >= 0.3 is 0 Å². The molecule has 2 nitrogen and oxygen atoms in total. The number of pyridine rings is 1. The van der Waals surface area contributed by atoms with Gasteiger partial charge in [0.2, 0.25) is 0 Å². The first-order chi connectivity index (χ1) is 8.24. The molecule has 0 fully saturated rings. The summed E-state index contributed by atoms with van der Waals surface area (Å²) >= 11 is 0. The summed E-state index contributed by atoms with van der Waals surface area (Å²) in [6.07, 6.45) is 2.72. The minimum Gasteiger partial charge on any atom is -0.284 e. The molecule has 82 valence electrons. The van der Waals surface area contributed by atoms with Crippen molar-refractivity contribution < 1.29 is 1.37 Å². The van der Waals surface area contributed by atoms with Gasteiger partial charge in [-0.05, 0) is 36.6 Å². The van der Waals surface area contributed by atoms with Gasteiger partial charge in [0.05, 0.1) is 0 Å². The fraction of sp³-hybridized carbons (Fsp3) is 0.214. The number of hydrogen-bond donors (Lipinski definition) is 0. The third-order valence-electron chi connectivity index (χ3n) is 2.60. The van der Waals surface area contributed by atoms with Crippen molar-refractivity contribution in [1.29, 1.82) is 0 Å². The quantitative estimate of drug-likeness (QED) is 0.753. The summed E-state index contributed by atoms with van der Waals surface area (Å²) < 4.78 is 8.91. The molecule has 0 spiro atoms. The molecule has 0 amide bonds. The van der Waals surface area contributed by atoms with Gasteiger partial charge in [0.15, 0.2) is 0 Å². The number of nitrogens with zero attached hydrogens (tertiary/aromatic N) is 1. The van der Waals surface area contributed by atoms with E-state index in [9.17, 15) is 4.79 Å². The van der Waals surface area contributed by atoms with Crippen molar-refractivity contribution in [2.45, 2.75) is 20.2 Å². The predicted octanol–water partition coefficient (Wildman–Crippen LogP) is 2.71. The van der Waals surface area contributed by atoms with Crippen molar-refractivity contribution in [2.24, 2.45) is 0 Å². The zero-order valence-corrected chi connectivity index (χ0v) is 9.31. The van der Waals surface area contributed by atoms with E-state index in [0.717, 1.165) is 17.7 Å². The summed E-state index contributed by atoms with van der Waals surface area (Å²) in [4.78, 5) is 11.7. The van der Waals surface area contributed by atoms with E-state index in [2.05, 4.69) is 6.92 Å². The molecule has 0 saturated carbocycles. The van der Waals surface area contributed by atoms with Gasteiger partial charge in [-0.1, -0.05) is 25.1 Å². The van der Waals surface area contributed by atoms with Gasteiger partial charge in [-0.3, -0.25) is 9.36 Å². The van der Waals surface area contributed by atoms with E-state index in [1.165, 1.54) is 11.6 Å². The van der Waals surface area contributed by atoms with Crippen molar-refractivity contribution in [3.63, 3.8) is 0 Å². The molecule has 0 unspecified atom stereocenters. The molecule has 1 heterocycles. The summed E-state index contributed by atoms with van der Waals surface area (Å²) in [5.74, 6) is 0. The maximum absolute atomic E-state index is 11.7. The Kier molecular flexibility index (Phi) is 2.56. The first-order valence-corrected chi connectivity index (χ1v) is 5.34. The maximum Gasteiger partial charge on any atom is 0.255 e. The van der Waals surface area contributed by atoms with E-state index >= 15 is 0 Å². The standard InChI is InChI=1S/C14H15NO/c1-3-12-5-7-13(8-6-12)15-10-11(2)4-9-14(15)16/h4-10H,3H2,1-2H3/i2D. The smallest absolute Gasteiger partial charge is 0.255 e. The Labute approximate surface area is 96.6 Å². The van der Waals surface area contributed by atoms with Crippen LogP contribution in [0.15, 0.2) is 47.4 Å². The second-order valence-corrected chi connectivity index (χ2v) is 3.77. The summed E-state index contributed by atoms with van der Waals surface area (Å²) in [7, 11) is 0. The van der Waals surface area contributed by atoms with Crippen LogP contribution < -0.4 is 5.56 Å². The zero-order chi connectivity index (χ0) is 12.3. The monoisotopic (exact) mass is 214 g/mol. The largest absolute Gasteiger partial charge is 0.284 e. The van der Waals surface area contributed by atoms with E-state index in [1.807, 2.05) is 24.3 Å². The molecule has 0 N–H and O–H groups in total. The fourth-order valence-electron chi connectivity index (χ4n) is 1.63. The Balaban J connectivity index is 2.47. The molecule has 0 aliphatic carbocycles. The SMILES string of the molecule is [2H]Cc1ccc(=O)n(-c2ccc(CC)cc2)c1. The molecule has 0 aliphatic rings. The van der Waals surface area contributed by atoms with Crippen molar-refractivity contribution in [1.82, 2.24) is 4.57 Å². The number of aromatic nitrogens is 1. The third kappa shape index (κ3) is 2.06. The molecule has 0 bridgehead atoms. The van der Waals surface area contributed by atoms with Crippen molar-refractivity contribution >= 4 is 0 Å². The van der Waals surface area contributed by atoms with Crippen LogP contribution in [0.4, 0.5) is 0 Å². The van der Waals surface area contributed by atoms with Crippen LogP contribution >= 0.6 is 0 Å². The highest BCUT2D eigenvalue weighted by atomic mass is 16.1. The van der Waals surface area contributed by atoms with Gasteiger partial charge in [0.1, 0.15) is 0 Å². The Bertz CT molecular complexity index is 557. The average molecular weight is 214 g/mol. The first kappa shape index (κ1) is 9.40. The molecule has 0 radical (unpaired) electrons. The summed E-state index contributed by atoms with van der Waals surface area (Å²) in [6, 6.07) is 11.1. The van der Waals surface area contributed by atoms with Crippen molar-refractivity contribution in [2.75, 3.05) is 0 Å². The van der Waals surface area contributed by atoms with Crippen LogP contribution in [-0.4, -0.2) is 4.57 Å². The summed E-state index contributed by atoms with van der Waals surface area (Å²) in [6.45, 7) is 2.29. The fourth-order valence-corrected chi connectivity index (χ4v) is 1.63. The molecule has 2 rings (SSSR count). The van der Waals surface area contributed by atoms with E-state index in [4.69, 9.17) is 1.37 Å². The van der Waals surface area contributed by atoms with E-state index in [0.29, 0.717) is 0 Å². The third-order valence-corrected chi connectivity index (χ3v) is 2.60.